The van der Waals surface area contributed by atoms with Crippen LogP contribution in [0.2, 0.25) is 0 Å². The van der Waals surface area contributed by atoms with Crippen LogP contribution in [-0.4, -0.2) is 31.6 Å². The van der Waals surface area contributed by atoms with Gasteiger partial charge in [-0.15, -0.1) is 0 Å². The first-order chi connectivity index (χ1) is 8.64. The molecule has 4 nitrogen and oxygen atoms in total. The molecule has 1 atom stereocenters. The predicted molar refractivity (Wildman–Crippen MR) is 68.7 cm³/mol. The third-order valence-corrected chi connectivity index (χ3v) is 3.41. The average molecular weight is 249 g/mol. The topological polar surface area (TPSA) is 61.5 Å². The van der Waals surface area contributed by atoms with Gasteiger partial charge in [-0.05, 0) is 30.5 Å². The Bertz CT molecular complexity index is 408. The summed E-state index contributed by atoms with van der Waals surface area (Å²) in [5.41, 5.74) is 6.38. The highest BCUT2D eigenvalue weighted by molar-refractivity contribution is 5.88. The van der Waals surface area contributed by atoms with Crippen LogP contribution in [0.15, 0.2) is 24.3 Å². The molecule has 0 aromatic heterocycles. The molecule has 4 heteroatoms. The van der Waals surface area contributed by atoms with Gasteiger partial charge < -0.3 is 15.2 Å². The van der Waals surface area contributed by atoms with E-state index in [1.807, 2.05) is 24.3 Å². The number of ketones is 1. The molecule has 1 unspecified atom stereocenters. The van der Waals surface area contributed by atoms with Crippen molar-refractivity contribution >= 4 is 5.78 Å². The maximum atomic E-state index is 12.0. The van der Waals surface area contributed by atoms with Crippen LogP contribution in [0, 0.1) is 0 Å². The molecule has 0 spiro atoms. The van der Waals surface area contributed by atoms with Crippen LogP contribution in [0.3, 0.4) is 0 Å². The molecule has 1 aliphatic heterocycles. The number of hydrogen-bond donors (Lipinski definition) is 1. The van der Waals surface area contributed by atoms with E-state index in [0.29, 0.717) is 32.5 Å². The van der Waals surface area contributed by atoms with Crippen LogP contribution >= 0.6 is 0 Å². The summed E-state index contributed by atoms with van der Waals surface area (Å²) in [6, 6.07) is 7.74. The molecule has 1 aliphatic rings. The normalized spacial score (nSPS) is 23.0. The third-order valence-electron chi connectivity index (χ3n) is 3.41. The number of ether oxygens (including phenoxy) is 2. The highest BCUT2D eigenvalue weighted by Crippen LogP contribution is 2.20. The van der Waals surface area contributed by atoms with Crippen LogP contribution in [0.5, 0.6) is 5.75 Å². The Morgan fingerprint density at radius 2 is 2.17 bits per heavy atom. The van der Waals surface area contributed by atoms with Crippen molar-refractivity contribution < 1.29 is 14.3 Å². The summed E-state index contributed by atoms with van der Waals surface area (Å²) in [4.78, 5) is 12.0. The summed E-state index contributed by atoms with van der Waals surface area (Å²) in [5, 5.41) is 0. The Morgan fingerprint density at radius 3 is 2.72 bits per heavy atom. The van der Waals surface area contributed by atoms with E-state index >= 15 is 0 Å². The Kier molecular flexibility index (Phi) is 3.99. The molecule has 0 aliphatic carbocycles. The fourth-order valence-corrected chi connectivity index (χ4v) is 2.10. The summed E-state index contributed by atoms with van der Waals surface area (Å²) in [7, 11) is 1.64. The van der Waals surface area contributed by atoms with Gasteiger partial charge in [0.15, 0.2) is 5.78 Å². The lowest BCUT2D eigenvalue weighted by molar-refractivity contribution is -0.124. The van der Waals surface area contributed by atoms with Gasteiger partial charge in [-0.2, -0.15) is 0 Å². The van der Waals surface area contributed by atoms with Crippen molar-refractivity contribution in [2.75, 3.05) is 20.3 Å². The maximum absolute atomic E-state index is 12.0. The molecule has 2 N–H and O–H groups in total. The Morgan fingerprint density at radius 1 is 1.44 bits per heavy atom. The van der Waals surface area contributed by atoms with Crippen LogP contribution in [0.1, 0.15) is 18.4 Å². The minimum absolute atomic E-state index is 0.0934. The molecule has 1 fully saturated rings. The SMILES string of the molecule is COc1ccc(CCC(=O)C2(N)CCOC2)cc1. The van der Waals surface area contributed by atoms with Gasteiger partial charge in [0, 0.05) is 13.0 Å². The van der Waals surface area contributed by atoms with Gasteiger partial charge in [0.2, 0.25) is 0 Å². The third kappa shape index (κ3) is 2.89. The van der Waals surface area contributed by atoms with Crippen molar-refractivity contribution in [2.24, 2.45) is 5.73 Å². The van der Waals surface area contributed by atoms with Gasteiger partial charge in [-0.1, -0.05) is 12.1 Å². The summed E-state index contributed by atoms with van der Waals surface area (Å²) >= 11 is 0. The van der Waals surface area contributed by atoms with Crippen molar-refractivity contribution in [2.45, 2.75) is 24.8 Å². The number of nitrogens with two attached hydrogens (primary N) is 1. The molecule has 1 saturated heterocycles. The largest absolute Gasteiger partial charge is 0.497 e. The highest BCUT2D eigenvalue weighted by Gasteiger charge is 2.37. The summed E-state index contributed by atoms with van der Waals surface area (Å²) in [6.07, 6.45) is 1.81. The first kappa shape index (κ1) is 13.1. The van der Waals surface area contributed by atoms with Crippen LogP contribution < -0.4 is 10.5 Å². The van der Waals surface area contributed by atoms with Gasteiger partial charge in [-0.25, -0.2) is 0 Å². The van der Waals surface area contributed by atoms with E-state index in [0.717, 1.165) is 11.3 Å². The van der Waals surface area contributed by atoms with E-state index in [2.05, 4.69) is 0 Å². The molecule has 98 valence electrons. The summed E-state index contributed by atoms with van der Waals surface area (Å²) in [5.74, 6) is 0.917. The van der Waals surface area contributed by atoms with Crippen molar-refractivity contribution in [3.63, 3.8) is 0 Å². The molecule has 0 saturated carbocycles. The zero-order chi connectivity index (χ0) is 13.0. The van der Waals surface area contributed by atoms with E-state index in [4.69, 9.17) is 15.2 Å². The van der Waals surface area contributed by atoms with Crippen molar-refractivity contribution in [1.29, 1.82) is 0 Å². The number of aryl methyl sites for hydroxylation is 1. The van der Waals surface area contributed by atoms with Crippen molar-refractivity contribution in [1.82, 2.24) is 0 Å². The molecule has 2 rings (SSSR count). The first-order valence-electron chi connectivity index (χ1n) is 6.17. The van der Waals surface area contributed by atoms with Gasteiger partial charge in [0.1, 0.15) is 11.3 Å². The standard InChI is InChI=1S/C14H19NO3/c1-17-12-5-2-11(3-6-12)4-7-13(16)14(15)8-9-18-10-14/h2-3,5-6H,4,7-10,15H2,1H3. The zero-order valence-corrected chi connectivity index (χ0v) is 10.6. The van der Waals surface area contributed by atoms with Gasteiger partial charge in [0.25, 0.3) is 0 Å². The number of rotatable bonds is 5. The van der Waals surface area contributed by atoms with E-state index in [1.54, 1.807) is 7.11 Å². The fraction of sp³-hybridized carbons (Fsp3) is 0.500. The van der Waals surface area contributed by atoms with Crippen molar-refractivity contribution in [3.8, 4) is 5.75 Å². The predicted octanol–water partition coefficient (Wildman–Crippen LogP) is 1.31. The van der Waals surface area contributed by atoms with Gasteiger partial charge >= 0.3 is 0 Å². The summed E-state index contributed by atoms with van der Waals surface area (Å²) in [6.45, 7) is 0.944. The zero-order valence-electron chi connectivity index (χ0n) is 10.6. The number of methoxy groups -OCH3 is 1. The lowest BCUT2D eigenvalue weighted by atomic mass is 9.90. The van der Waals surface area contributed by atoms with Crippen molar-refractivity contribution in [3.05, 3.63) is 29.8 Å². The Balaban J connectivity index is 1.88. The van der Waals surface area contributed by atoms with Crippen LogP contribution in [0.25, 0.3) is 0 Å². The molecular formula is C14H19NO3. The molecule has 18 heavy (non-hydrogen) atoms. The minimum atomic E-state index is -0.757. The molecule has 0 amide bonds. The lowest BCUT2D eigenvalue weighted by Crippen LogP contribution is -2.48. The number of carbonyl (C=O) groups excluding carboxylic acids is 1. The summed E-state index contributed by atoms with van der Waals surface area (Å²) < 4.78 is 10.3. The number of Topliss-reactive ketones (excluding diaryl/α,β-unsaturated/α-hetero) is 1. The molecule has 0 bridgehead atoms. The molecule has 1 aromatic rings. The van der Waals surface area contributed by atoms with E-state index in [1.165, 1.54) is 0 Å². The van der Waals surface area contributed by atoms with Gasteiger partial charge in [0.05, 0.1) is 13.7 Å². The van der Waals surface area contributed by atoms with Gasteiger partial charge in [-0.3, -0.25) is 4.79 Å². The van der Waals surface area contributed by atoms with E-state index in [9.17, 15) is 4.79 Å². The molecule has 0 radical (unpaired) electrons. The Hall–Kier alpha value is -1.39. The van der Waals surface area contributed by atoms with Crippen LogP contribution in [0.4, 0.5) is 0 Å². The molecule has 1 heterocycles. The Labute approximate surface area is 107 Å². The van der Waals surface area contributed by atoms with Crippen LogP contribution in [-0.2, 0) is 16.0 Å². The smallest absolute Gasteiger partial charge is 0.155 e. The van der Waals surface area contributed by atoms with E-state index in [-0.39, 0.29) is 5.78 Å². The number of carbonyl (C=O) groups is 1. The number of benzene rings is 1. The number of hydrogen-bond acceptors (Lipinski definition) is 4. The average Bonchev–Trinajstić information content (AvgIpc) is 2.85. The maximum Gasteiger partial charge on any atom is 0.155 e. The fourth-order valence-electron chi connectivity index (χ4n) is 2.10. The lowest BCUT2D eigenvalue weighted by Gasteiger charge is -2.19. The first-order valence-corrected chi connectivity index (χ1v) is 6.17. The second-order valence-corrected chi connectivity index (χ2v) is 4.73. The second kappa shape index (κ2) is 5.50. The minimum Gasteiger partial charge on any atom is -0.497 e. The highest BCUT2D eigenvalue weighted by atomic mass is 16.5. The monoisotopic (exact) mass is 249 g/mol. The van der Waals surface area contributed by atoms with E-state index < -0.39 is 5.54 Å². The second-order valence-electron chi connectivity index (χ2n) is 4.73. The quantitative estimate of drug-likeness (QED) is 0.854. The molecular weight excluding hydrogens is 230 g/mol. The molecule has 1 aromatic carbocycles.